The summed E-state index contributed by atoms with van der Waals surface area (Å²) >= 11 is 0. The van der Waals surface area contributed by atoms with E-state index in [1.807, 2.05) is 30.3 Å². The van der Waals surface area contributed by atoms with Gasteiger partial charge in [-0.25, -0.2) is 8.78 Å². The predicted octanol–water partition coefficient (Wildman–Crippen LogP) is 3.99. The third-order valence-electron chi connectivity index (χ3n) is 5.41. The van der Waals surface area contributed by atoms with E-state index in [1.54, 1.807) is 13.1 Å². The quantitative estimate of drug-likeness (QED) is 0.574. The van der Waals surface area contributed by atoms with Crippen LogP contribution in [0.4, 0.5) is 8.78 Å². The Hall–Kier alpha value is -3.52. The molecule has 0 fully saturated rings. The minimum Gasteiger partial charge on any atom is -0.318 e. The first-order valence-corrected chi connectivity index (χ1v) is 9.66. The van der Waals surface area contributed by atoms with Crippen molar-refractivity contribution in [2.75, 3.05) is 7.05 Å². The molecule has 4 rings (SSSR count). The second kappa shape index (κ2) is 8.08. The first-order valence-electron chi connectivity index (χ1n) is 9.66. The SMILES string of the molecule is CN1C(=O)C(Cc2ccc(F)c(F)c2)C(=O)C2=C1CC(C#CCc1ccccc1)=C2. The molecule has 0 saturated carbocycles. The van der Waals surface area contributed by atoms with E-state index in [0.717, 1.165) is 23.3 Å². The van der Waals surface area contributed by atoms with Crippen LogP contribution >= 0.6 is 0 Å². The minimum absolute atomic E-state index is 0.0266. The Morgan fingerprint density at radius 1 is 1.03 bits per heavy atom. The number of nitrogens with zero attached hydrogens (tertiary/aromatic N) is 1. The molecule has 1 atom stereocenters. The zero-order chi connectivity index (χ0) is 21.3. The van der Waals surface area contributed by atoms with Crippen LogP contribution in [0.5, 0.6) is 0 Å². The van der Waals surface area contributed by atoms with Gasteiger partial charge in [0.15, 0.2) is 17.4 Å². The fourth-order valence-corrected chi connectivity index (χ4v) is 3.78. The van der Waals surface area contributed by atoms with Crippen LogP contribution in [0.2, 0.25) is 0 Å². The third-order valence-corrected chi connectivity index (χ3v) is 5.41. The van der Waals surface area contributed by atoms with E-state index >= 15 is 0 Å². The first kappa shape index (κ1) is 19.8. The molecule has 1 heterocycles. The molecule has 1 unspecified atom stereocenters. The van der Waals surface area contributed by atoms with Gasteiger partial charge in [-0.05, 0) is 35.8 Å². The van der Waals surface area contributed by atoms with Crippen molar-refractivity contribution >= 4 is 11.7 Å². The number of amides is 1. The first-order chi connectivity index (χ1) is 14.4. The van der Waals surface area contributed by atoms with Gasteiger partial charge in [-0.15, -0.1) is 0 Å². The lowest BCUT2D eigenvalue weighted by atomic mass is 9.86. The number of ketones is 1. The van der Waals surface area contributed by atoms with Gasteiger partial charge in [-0.1, -0.05) is 48.2 Å². The Labute approximate surface area is 173 Å². The van der Waals surface area contributed by atoms with E-state index in [-0.39, 0.29) is 18.1 Å². The summed E-state index contributed by atoms with van der Waals surface area (Å²) in [5.74, 6) is 2.69. The van der Waals surface area contributed by atoms with Crippen LogP contribution in [0.25, 0.3) is 0 Å². The van der Waals surface area contributed by atoms with E-state index in [2.05, 4.69) is 11.8 Å². The van der Waals surface area contributed by atoms with Crippen molar-refractivity contribution in [2.24, 2.45) is 5.92 Å². The van der Waals surface area contributed by atoms with Crippen LogP contribution in [-0.4, -0.2) is 23.6 Å². The lowest BCUT2D eigenvalue weighted by Crippen LogP contribution is -2.42. The van der Waals surface area contributed by atoms with E-state index in [0.29, 0.717) is 29.7 Å². The average molecular weight is 403 g/mol. The molecule has 30 heavy (non-hydrogen) atoms. The van der Waals surface area contributed by atoms with E-state index < -0.39 is 17.6 Å². The number of carbonyl (C=O) groups excluding carboxylic acids is 2. The smallest absolute Gasteiger partial charge is 0.237 e. The summed E-state index contributed by atoms with van der Waals surface area (Å²) in [6.07, 6.45) is 2.81. The number of halogens is 2. The largest absolute Gasteiger partial charge is 0.318 e. The lowest BCUT2D eigenvalue weighted by molar-refractivity contribution is -0.139. The molecule has 0 saturated heterocycles. The average Bonchev–Trinajstić information content (AvgIpc) is 3.17. The van der Waals surface area contributed by atoms with Crippen LogP contribution in [0, 0.1) is 29.4 Å². The van der Waals surface area contributed by atoms with Crippen molar-refractivity contribution in [3.63, 3.8) is 0 Å². The number of rotatable bonds is 3. The highest BCUT2D eigenvalue weighted by Gasteiger charge is 2.40. The van der Waals surface area contributed by atoms with Crippen molar-refractivity contribution in [3.8, 4) is 11.8 Å². The molecule has 3 nitrogen and oxygen atoms in total. The second-order valence-electron chi connectivity index (χ2n) is 7.44. The molecule has 1 aliphatic heterocycles. The van der Waals surface area contributed by atoms with Crippen molar-refractivity contribution in [1.29, 1.82) is 0 Å². The molecular weight excluding hydrogens is 384 g/mol. The second-order valence-corrected chi connectivity index (χ2v) is 7.44. The van der Waals surface area contributed by atoms with Gasteiger partial charge >= 0.3 is 0 Å². The molecule has 2 aliphatic rings. The fraction of sp³-hybridized carbons (Fsp3) is 0.200. The van der Waals surface area contributed by atoms with Gasteiger partial charge in [-0.2, -0.15) is 0 Å². The molecule has 150 valence electrons. The molecule has 1 amide bonds. The molecule has 2 aromatic carbocycles. The molecule has 5 heteroatoms. The highest BCUT2D eigenvalue weighted by Crippen LogP contribution is 2.35. The van der Waals surface area contributed by atoms with Crippen LogP contribution in [-0.2, 0) is 22.4 Å². The lowest BCUT2D eigenvalue weighted by Gasteiger charge is -2.30. The van der Waals surface area contributed by atoms with E-state index in [4.69, 9.17) is 0 Å². The summed E-state index contributed by atoms with van der Waals surface area (Å²) in [5, 5.41) is 0. The molecule has 0 spiro atoms. The summed E-state index contributed by atoms with van der Waals surface area (Å²) in [7, 11) is 1.64. The number of hydrogen-bond acceptors (Lipinski definition) is 2. The Morgan fingerprint density at radius 2 is 1.80 bits per heavy atom. The predicted molar refractivity (Wildman–Crippen MR) is 109 cm³/mol. The number of benzene rings is 2. The highest BCUT2D eigenvalue weighted by atomic mass is 19.2. The van der Waals surface area contributed by atoms with Gasteiger partial charge in [0.2, 0.25) is 5.91 Å². The van der Waals surface area contributed by atoms with Gasteiger partial charge in [0, 0.05) is 36.7 Å². The van der Waals surface area contributed by atoms with Gasteiger partial charge in [-0.3, -0.25) is 9.59 Å². The normalized spacial score (nSPS) is 18.2. The Kier molecular flexibility index (Phi) is 5.33. The summed E-state index contributed by atoms with van der Waals surface area (Å²) in [6.45, 7) is 0. The summed E-state index contributed by atoms with van der Waals surface area (Å²) in [6, 6.07) is 13.3. The molecule has 0 bridgehead atoms. The third kappa shape index (κ3) is 3.81. The van der Waals surface area contributed by atoms with Crippen molar-refractivity contribution in [1.82, 2.24) is 4.90 Å². The van der Waals surface area contributed by atoms with Crippen LogP contribution in [0.1, 0.15) is 17.5 Å². The van der Waals surface area contributed by atoms with Gasteiger partial charge in [0.05, 0.1) is 0 Å². The Morgan fingerprint density at radius 3 is 2.53 bits per heavy atom. The highest BCUT2D eigenvalue weighted by molar-refractivity contribution is 6.15. The summed E-state index contributed by atoms with van der Waals surface area (Å²) < 4.78 is 26.7. The van der Waals surface area contributed by atoms with Crippen molar-refractivity contribution < 1.29 is 18.4 Å². The Bertz CT molecular complexity index is 1150. The van der Waals surface area contributed by atoms with E-state index in [9.17, 15) is 18.4 Å². The van der Waals surface area contributed by atoms with Gasteiger partial charge in [0.25, 0.3) is 0 Å². The topological polar surface area (TPSA) is 37.4 Å². The number of hydrogen-bond donors (Lipinski definition) is 0. The maximum absolute atomic E-state index is 13.5. The monoisotopic (exact) mass is 403 g/mol. The molecule has 0 N–H and O–H groups in total. The summed E-state index contributed by atoms with van der Waals surface area (Å²) in [5.41, 5.74) is 3.43. The van der Waals surface area contributed by atoms with Crippen LogP contribution < -0.4 is 0 Å². The fourth-order valence-electron chi connectivity index (χ4n) is 3.78. The van der Waals surface area contributed by atoms with Crippen molar-refractivity contribution in [3.05, 3.63) is 94.2 Å². The molecule has 2 aromatic rings. The standard InChI is InChI=1S/C25H19F2NO2/c1-28-23-15-17(9-5-8-16-6-3-2-4-7-16)12-19(23)24(29)20(25(28)30)13-18-10-11-21(26)22(27)14-18/h2-4,6-7,10-12,14,20H,8,13,15H2,1H3. The number of Topliss-reactive ketones (excluding diaryl/α,β-unsaturated/α-hetero) is 1. The minimum atomic E-state index is -0.992. The zero-order valence-corrected chi connectivity index (χ0v) is 16.4. The maximum Gasteiger partial charge on any atom is 0.237 e. The Balaban J connectivity index is 1.53. The number of allylic oxidation sites excluding steroid dienone is 3. The maximum atomic E-state index is 13.5. The molecular formula is C25H19F2NO2. The molecule has 0 aromatic heterocycles. The van der Waals surface area contributed by atoms with Crippen LogP contribution in [0.3, 0.4) is 0 Å². The van der Waals surface area contributed by atoms with Crippen LogP contribution in [0.15, 0.2) is 71.5 Å². The van der Waals surface area contributed by atoms with Crippen molar-refractivity contribution in [2.45, 2.75) is 19.3 Å². The molecule has 0 radical (unpaired) electrons. The number of carbonyl (C=O) groups is 2. The zero-order valence-electron chi connectivity index (χ0n) is 16.4. The molecule has 1 aliphatic carbocycles. The van der Waals surface area contributed by atoms with Gasteiger partial charge in [0.1, 0.15) is 5.92 Å². The summed E-state index contributed by atoms with van der Waals surface area (Å²) in [4.78, 5) is 27.3. The van der Waals surface area contributed by atoms with E-state index in [1.165, 1.54) is 11.0 Å². The van der Waals surface area contributed by atoms with Gasteiger partial charge < -0.3 is 4.90 Å².